The molecule has 0 bridgehead atoms. The average molecular weight is 252 g/mol. The van der Waals surface area contributed by atoms with Crippen molar-refractivity contribution in [2.75, 3.05) is 27.3 Å². The first-order chi connectivity index (χ1) is 8.17. The third kappa shape index (κ3) is 4.57. The molecule has 0 unspecified atom stereocenters. The maximum atomic E-state index is 11.5. The fraction of sp³-hybridized carbons (Fsp3) is 0.417. The second-order valence-electron chi connectivity index (χ2n) is 3.49. The topological polar surface area (TPSA) is 55.6 Å². The Balaban J connectivity index is 2.57. The Labute approximate surface area is 105 Å². The zero-order chi connectivity index (χ0) is 12.7. The number of nitrogens with zero attached hydrogens (tertiary/aromatic N) is 1. The fourth-order valence-electron chi connectivity index (χ4n) is 1.24. The van der Waals surface area contributed by atoms with Crippen molar-refractivity contribution >= 4 is 17.2 Å². The summed E-state index contributed by atoms with van der Waals surface area (Å²) < 4.78 is 4.80. The maximum absolute atomic E-state index is 11.5. The van der Waals surface area contributed by atoms with Crippen LogP contribution in [0.25, 0.3) is 0 Å². The van der Waals surface area contributed by atoms with Crippen LogP contribution in [-0.2, 0) is 16.1 Å². The van der Waals surface area contributed by atoms with Gasteiger partial charge >= 0.3 is 0 Å². The summed E-state index contributed by atoms with van der Waals surface area (Å²) in [5, 5.41) is 1.96. The van der Waals surface area contributed by atoms with Crippen LogP contribution in [0.3, 0.4) is 0 Å². The standard InChI is InChI=1S/C12H16N2O2S/c1-14(12(15)8-16-2)7-11-6-10(9-17-11)4-3-5-13/h6,9H,5,7-8,13H2,1-2H3. The van der Waals surface area contributed by atoms with Crippen LogP contribution in [0, 0.1) is 11.8 Å². The molecule has 92 valence electrons. The Hall–Kier alpha value is -1.35. The SMILES string of the molecule is COCC(=O)N(C)Cc1cc(C#CCN)cs1. The quantitative estimate of drug-likeness (QED) is 0.801. The van der Waals surface area contributed by atoms with Crippen LogP contribution in [0.5, 0.6) is 0 Å². The minimum atomic E-state index is -0.0320. The monoisotopic (exact) mass is 252 g/mol. The largest absolute Gasteiger partial charge is 0.375 e. The van der Waals surface area contributed by atoms with E-state index in [1.807, 2.05) is 11.4 Å². The van der Waals surface area contributed by atoms with Crippen LogP contribution in [0.15, 0.2) is 11.4 Å². The summed E-state index contributed by atoms with van der Waals surface area (Å²) in [6.45, 7) is 1.05. The molecule has 4 nitrogen and oxygen atoms in total. The lowest BCUT2D eigenvalue weighted by molar-refractivity contribution is -0.134. The van der Waals surface area contributed by atoms with Gasteiger partial charge in [-0.15, -0.1) is 11.3 Å². The van der Waals surface area contributed by atoms with Crippen molar-refractivity contribution < 1.29 is 9.53 Å². The molecule has 1 aromatic rings. The summed E-state index contributed by atoms with van der Waals surface area (Å²) in [5.41, 5.74) is 6.25. The molecule has 0 saturated heterocycles. The molecule has 5 heteroatoms. The van der Waals surface area contributed by atoms with Crippen LogP contribution in [0.4, 0.5) is 0 Å². The van der Waals surface area contributed by atoms with E-state index in [1.54, 1.807) is 23.3 Å². The van der Waals surface area contributed by atoms with Gasteiger partial charge in [-0.05, 0) is 6.07 Å². The molecule has 0 aromatic carbocycles. The van der Waals surface area contributed by atoms with Crippen molar-refractivity contribution in [1.29, 1.82) is 0 Å². The molecule has 0 aliphatic heterocycles. The van der Waals surface area contributed by atoms with Gasteiger partial charge in [0.2, 0.25) is 5.91 Å². The molecule has 17 heavy (non-hydrogen) atoms. The minimum absolute atomic E-state index is 0.0320. The number of ether oxygens (including phenoxy) is 1. The lowest BCUT2D eigenvalue weighted by Gasteiger charge is -2.15. The molecule has 1 aromatic heterocycles. The van der Waals surface area contributed by atoms with E-state index < -0.39 is 0 Å². The summed E-state index contributed by atoms with van der Waals surface area (Å²) in [6.07, 6.45) is 0. The Morgan fingerprint density at radius 3 is 3.06 bits per heavy atom. The van der Waals surface area contributed by atoms with Gasteiger partial charge in [-0.25, -0.2) is 0 Å². The van der Waals surface area contributed by atoms with Crippen LogP contribution in [0.1, 0.15) is 10.4 Å². The molecule has 1 heterocycles. The lowest BCUT2D eigenvalue weighted by Crippen LogP contribution is -2.29. The average Bonchev–Trinajstić information content (AvgIpc) is 2.74. The molecule has 0 radical (unpaired) electrons. The van der Waals surface area contributed by atoms with E-state index in [-0.39, 0.29) is 12.5 Å². The fourth-order valence-corrected chi connectivity index (χ4v) is 2.11. The first-order valence-corrected chi connectivity index (χ1v) is 6.04. The molecule has 0 aliphatic carbocycles. The molecule has 0 atom stereocenters. The van der Waals surface area contributed by atoms with E-state index in [9.17, 15) is 4.79 Å². The highest BCUT2D eigenvalue weighted by Gasteiger charge is 2.09. The van der Waals surface area contributed by atoms with Crippen molar-refractivity contribution in [3.8, 4) is 11.8 Å². The zero-order valence-electron chi connectivity index (χ0n) is 10.0. The highest BCUT2D eigenvalue weighted by molar-refractivity contribution is 7.10. The van der Waals surface area contributed by atoms with E-state index in [0.717, 1.165) is 10.4 Å². The van der Waals surface area contributed by atoms with E-state index in [1.165, 1.54) is 7.11 Å². The molecule has 1 rings (SSSR count). The number of hydrogen-bond acceptors (Lipinski definition) is 4. The van der Waals surface area contributed by atoms with Gasteiger partial charge in [-0.2, -0.15) is 0 Å². The lowest BCUT2D eigenvalue weighted by atomic mass is 10.3. The van der Waals surface area contributed by atoms with Gasteiger partial charge in [0, 0.05) is 30.0 Å². The highest BCUT2D eigenvalue weighted by Crippen LogP contribution is 2.15. The van der Waals surface area contributed by atoms with Crippen molar-refractivity contribution in [1.82, 2.24) is 4.90 Å². The van der Waals surface area contributed by atoms with Gasteiger partial charge < -0.3 is 15.4 Å². The predicted molar refractivity (Wildman–Crippen MR) is 68.6 cm³/mol. The second-order valence-corrected chi connectivity index (χ2v) is 4.49. The highest BCUT2D eigenvalue weighted by atomic mass is 32.1. The molecule has 0 fully saturated rings. The molecule has 0 spiro atoms. The normalized spacial score (nSPS) is 9.59. The molecule has 0 saturated carbocycles. The number of methoxy groups -OCH3 is 1. The predicted octanol–water partition coefficient (Wildman–Crippen LogP) is 0.663. The molecule has 0 aliphatic rings. The third-order valence-corrected chi connectivity index (χ3v) is 3.00. The summed E-state index contributed by atoms with van der Waals surface area (Å²) in [6, 6.07) is 1.98. The van der Waals surface area contributed by atoms with Gasteiger partial charge in [0.25, 0.3) is 0 Å². The Morgan fingerprint density at radius 1 is 1.65 bits per heavy atom. The van der Waals surface area contributed by atoms with E-state index >= 15 is 0 Å². The first kappa shape index (κ1) is 13.7. The van der Waals surface area contributed by atoms with Gasteiger partial charge in [0.15, 0.2) is 0 Å². The van der Waals surface area contributed by atoms with Crippen molar-refractivity contribution in [3.63, 3.8) is 0 Å². The van der Waals surface area contributed by atoms with Crippen molar-refractivity contribution in [2.24, 2.45) is 5.73 Å². The zero-order valence-corrected chi connectivity index (χ0v) is 10.8. The number of rotatable bonds is 4. The summed E-state index contributed by atoms with van der Waals surface area (Å²) in [7, 11) is 3.27. The van der Waals surface area contributed by atoms with Crippen LogP contribution in [-0.4, -0.2) is 38.1 Å². The van der Waals surface area contributed by atoms with Gasteiger partial charge in [-0.1, -0.05) is 11.8 Å². The molecular formula is C12H16N2O2S. The number of carbonyl (C=O) groups excluding carboxylic acids is 1. The Kier molecular flexibility index (Phi) is 5.70. The number of hydrogen-bond donors (Lipinski definition) is 1. The second kappa shape index (κ2) is 7.07. The van der Waals surface area contributed by atoms with Gasteiger partial charge in [0.05, 0.1) is 13.1 Å². The summed E-state index contributed by atoms with van der Waals surface area (Å²) >= 11 is 1.59. The van der Waals surface area contributed by atoms with Crippen molar-refractivity contribution in [2.45, 2.75) is 6.54 Å². The Bertz CT molecular complexity index is 431. The van der Waals surface area contributed by atoms with Crippen LogP contribution < -0.4 is 5.73 Å². The molecular weight excluding hydrogens is 236 g/mol. The number of amides is 1. The number of carbonyl (C=O) groups is 1. The van der Waals surface area contributed by atoms with Gasteiger partial charge in [-0.3, -0.25) is 4.79 Å². The third-order valence-electron chi connectivity index (χ3n) is 2.08. The number of nitrogens with two attached hydrogens (primary N) is 1. The van der Waals surface area contributed by atoms with Crippen molar-refractivity contribution in [3.05, 3.63) is 21.9 Å². The van der Waals surface area contributed by atoms with E-state index in [0.29, 0.717) is 13.1 Å². The Morgan fingerprint density at radius 2 is 2.41 bits per heavy atom. The molecule has 1 amide bonds. The van der Waals surface area contributed by atoms with Gasteiger partial charge in [0.1, 0.15) is 6.61 Å². The van der Waals surface area contributed by atoms with E-state index in [4.69, 9.17) is 10.5 Å². The van der Waals surface area contributed by atoms with Crippen LogP contribution >= 0.6 is 11.3 Å². The molecule has 2 N–H and O–H groups in total. The number of thiophene rings is 1. The van der Waals surface area contributed by atoms with E-state index in [2.05, 4.69) is 11.8 Å². The maximum Gasteiger partial charge on any atom is 0.248 e. The van der Waals surface area contributed by atoms with Crippen LogP contribution in [0.2, 0.25) is 0 Å². The smallest absolute Gasteiger partial charge is 0.248 e. The summed E-state index contributed by atoms with van der Waals surface area (Å²) in [4.78, 5) is 14.2. The minimum Gasteiger partial charge on any atom is -0.375 e. The summed E-state index contributed by atoms with van der Waals surface area (Å²) in [5.74, 6) is 5.73. The first-order valence-electron chi connectivity index (χ1n) is 5.16. The number of likely N-dealkylation sites (N-methyl/N-ethyl adjacent to an activating group) is 1.